The van der Waals surface area contributed by atoms with Gasteiger partial charge in [-0.3, -0.25) is 0 Å². The van der Waals surface area contributed by atoms with Gasteiger partial charge >= 0.3 is 0 Å². The molecule has 25 heavy (non-hydrogen) atoms. The van der Waals surface area contributed by atoms with Crippen molar-refractivity contribution in [2.75, 3.05) is 13.2 Å². The molecule has 5 heteroatoms. The van der Waals surface area contributed by atoms with Gasteiger partial charge in [-0.15, -0.1) is 0 Å². The lowest BCUT2D eigenvalue weighted by Gasteiger charge is -2.07. The van der Waals surface area contributed by atoms with Crippen molar-refractivity contribution in [2.24, 2.45) is 5.73 Å². The van der Waals surface area contributed by atoms with Crippen molar-refractivity contribution in [3.8, 4) is 17.0 Å². The van der Waals surface area contributed by atoms with E-state index in [-0.39, 0.29) is 0 Å². The average Bonchev–Trinajstić information content (AvgIpc) is 2.96. The number of nitrogens with one attached hydrogen (secondary N) is 1. The maximum absolute atomic E-state index is 6.23. The lowest BCUT2D eigenvalue weighted by atomic mass is 10.00. The van der Waals surface area contributed by atoms with Gasteiger partial charge in [0.05, 0.1) is 16.7 Å². The lowest BCUT2D eigenvalue weighted by Crippen LogP contribution is -1.99. The Morgan fingerprint density at radius 2 is 1.88 bits per heavy atom. The molecule has 3 nitrogen and oxygen atoms in total. The molecule has 0 unspecified atom stereocenters. The van der Waals surface area contributed by atoms with Gasteiger partial charge < -0.3 is 15.5 Å². The van der Waals surface area contributed by atoms with Crippen LogP contribution in [-0.2, 0) is 6.42 Å². The van der Waals surface area contributed by atoms with Gasteiger partial charge in [-0.1, -0.05) is 29.3 Å². The molecular formula is C20H22Cl2N2O. The zero-order chi connectivity index (χ0) is 17.8. The van der Waals surface area contributed by atoms with E-state index in [2.05, 4.69) is 17.1 Å². The van der Waals surface area contributed by atoms with Gasteiger partial charge in [0.1, 0.15) is 5.75 Å². The molecule has 0 aliphatic heterocycles. The number of ether oxygens (including phenoxy) is 1. The minimum absolute atomic E-state index is 0.556. The molecule has 1 aromatic heterocycles. The number of aryl methyl sites for hydroxylation is 1. The van der Waals surface area contributed by atoms with Gasteiger partial charge in [0.15, 0.2) is 0 Å². The van der Waals surface area contributed by atoms with Crippen LogP contribution in [0.3, 0.4) is 0 Å². The Hall–Kier alpha value is -1.68. The van der Waals surface area contributed by atoms with E-state index in [1.54, 1.807) is 0 Å². The van der Waals surface area contributed by atoms with Crippen LogP contribution in [0.4, 0.5) is 0 Å². The molecule has 0 atom stereocenters. The summed E-state index contributed by atoms with van der Waals surface area (Å²) in [6.07, 6.45) is 2.98. The molecule has 0 spiro atoms. The quantitative estimate of drug-likeness (QED) is 0.510. The van der Waals surface area contributed by atoms with Crippen molar-refractivity contribution in [1.82, 2.24) is 4.98 Å². The minimum Gasteiger partial charge on any atom is -0.494 e. The standard InChI is InChI=1S/C20H22Cl2N2O/c1-2-25-14-7-9-19-16(12-14)15(5-3-4-10-23)20(24-19)13-6-8-17(21)18(22)11-13/h6-9,11-12,24H,2-5,10,23H2,1H3. The summed E-state index contributed by atoms with van der Waals surface area (Å²) in [5.41, 5.74) is 10.1. The van der Waals surface area contributed by atoms with Gasteiger partial charge in [-0.2, -0.15) is 0 Å². The Morgan fingerprint density at radius 3 is 2.60 bits per heavy atom. The van der Waals surface area contributed by atoms with Crippen LogP contribution in [0, 0.1) is 0 Å². The first kappa shape index (κ1) is 18.1. The normalized spacial score (nSPS) is 11.2. The molecule has 0 aliphatic rings. The number of hydrogen-bond donors (Lipinski definition) is 2. The summed E-state index contributed by atoms with van der Waals surface area (Å²) in [6.45, 7) is 3.34. The van der Waals surface area contributed by atoms with E-state index in [1.807, 2.05) is 31.2 Å². The second-order valence-corrected chi connectivity index (χ2v) is 6.81. The van der Waals surface area contributed by atoms with Crippen molar-refractivity contribution in [3.05, 3.63) is 52.0 Å². The predicted molar refractivity (Wildman–Crippen MR) is 107 cm³/mol. The first-order chi connectivity index (χ1) is 12.1. The fourth-order valence-corrected chi connectivity index (χ4v) is 3.39. The fourth-order valence-electron chi connectivity index (χ4n) is 3.09. The van der Waals surface area contributed by atoms with Crippen LogP contribution < -0.4 is 10.5 Å². The third kappa shape index (κ3) is 3.95. The molecule has 0 amide bonds. The Balaban J connectivity index is 2.11. The molecule has 0 saturated carbocycles. The zero-order valence-electron chi connectivity index (χ0n) is 14.2. The maximum Gasteiger partial charge on any atom is 0.120 e. The average molecular weight is 377 g/mol. The first-order valence-electron chi connectivity index (χ1n) is 8.57. The van der Waals surface area contributed by atoms with E-state index >= 15 is 0 Å². The number of benzene rings is 2. The Kier molecular flexibility index (Phi) is 5.89. The van der Waals surface area contributed by atoms with Gasteiger partial charge in [0, 0.05) is 16.6 Å². The number of nitrogens with two attached hydrogens (primary N) is 1. The molecular weight excluding hydrogens is 355 g/mol. The summed E-state index contributed by atoms with van der Waals surface area (Å²) in [4.78, 5) is 3.53. The molecule has 3 rings (SSSR count). The summed E-state index contributed by atoms with van der Waals surface area (Å²) >= 11 is 12.3. The van der Waals surface area contributed by atoms with Crippen LogP contribution in [0.1, 0.15) is 25.3 Å². The molecule has 132 valence electrons. The van der Waals surface area contributed by atoms with Crippen molar-refractivity contribution < 1.29 is 4.74 Å². The highest BCUT2D eigenvalue weighted by Crippen LogP contribution is 2.36. The van der Waals surface area contributed by atoms with Crippen LogP contribution >= 0.6 is 23.2 Å². The van der Waals surface area contributed by atoms with Gasteiger partial charge in [-0.25, -0.2) is 0 Å². The van der Waals surface area contributed by atoms with Crippen molar-refractivity contribution >= 4 is 34.1 Å². The van der Waals surface area contributed by atoms with Crippen LogP contribution in [0.15, 0.2) is 36.4 Å². The number of halogens is 2. The summed E-state index contributed by atoms with van der Waals surface area (Å²) in [6, 6.07) is 11.9. The van der Waals surface area contributed by atoms with Gasteiger partial charge in [0.25, 0.3) is 0 Å². The molecule has 0 radical (unpaired) electrons. The second kappa shape index (κ2) is 8.13. The third-order valence-electron chi connectivity index (χ3n) is 4.28. The zero-order valence-corrected chi connectivity index (χ0v) is 15.8. The number of fused-ring (bicyclic) bond motifs is 1. The lowest BCUT2D eigenvalue weighted by molar-refractivity contribution is 0.340. The summed E-state index contributed by atoms with van der Waals surface area (Å²) in [7, 11) is 0. The van der Waals surface area contributed by atoms with Crippen LogP contribution in [0.25, 0.3) is 22.2 Å². The number of aromatic nitrogens is 1. The number of unbranched alkanes of at least 4 members (excludes halogenated alkanes) is 1. The highest BCUT2D eigenvalue weighted by molar-refractivity contribution is 6.42. The Labute approximate surface area is 158 Å². The minimum atomic E-state index is 0.556. The molecule has 3 aromatic rings. The number of H-pyrrole nitrogens is 1. The van der Waals surface area contributed by atoms with E-state index < -0.39 is 0 Å². The van der Waals surface area contributed by atoms with Crippen LogP contribution in [-0.4, -0.2) is 18.1 Å². The molecule has 3 N–H and O–H groups in total. The van der Waals surface area contributed by atoms with E-state index in [4.69, 9.17) is 33.7 Å². The maximum atomic E-state index is 6.23. The van der Waals surface area contributed by atoms with E-state index in [0.29, 0.717) is 23.2 Å². The molecule has 1 heterocycles. The number of aromatic amines is 1. The van der Waals surface area contributed by atoms with Gasteiger partial charge in [-0.05, 0) is 74.2 Å². The molecule has 2 aromatic carbocycles. The Bertz CT molecular complexity index is 874. The number of rotatable bonds is 7. The molecule has 0 fully saturated rings. The summed E-state index contributed by atoms with van der Waals surface area (Å²) in [5.74, 6) is 0.884. The third-order valence-corrected chi connectivity index (χ3v) is 5.02. The van der Waals surface area contributed by atoms with E-state index in [9.17, 15) is 0 Å². The predicted octanol–water partition coefficient (Wildman–Crippen LogP) is 5.82. The highest BCUT2D eigenvalue weighted by Gasteiger charge is 2.15. The van der Waals surface area contributed by atoms with Crippen LogP contribution in [0.5, 0.6) is 5.75 Å². The summed E-state index contributed by atoms with van der Waals surface area (Å²) < 4.78 is 5.67. The van der Waals surface area contributed by atoms with Crippen molar-refractivity contribution in [2.45, 2.75) is 26.2 Å². The largest absolute Gasteiger partial charge is 0.494 e. The van der Waals surface area contributed by atoms with Crippen molar-refractivity contribution in [3.63, 3.8) is 0 Å². The number of hydrogen-bond acceptors (Lipinski definition) is 2. The monoisotopic (exact) mass is 376 g/mol. The smallest absolute Gasteiger partial charge is 0.120 e. The molecule has 0 bridgehead atoms. The van der Waals surface area contributed by atoms with E-state index in [0.717, 1.165) is 41.8 Å². The molecule has 0 saturated heterocycles. The first-order valence-corrected chi connectivity index (χ1v) is 9.32. The van der Waals surface area contributed by atoms with Gasteiger partial charge in [0.2, 0.25) is 0 Å². The summed E-state index contributed by atoms with van der Waals surface area (Å²) in [5, 5.41) is 2.30. The Morgan fingerprint density at radius 1 is 1.04 bits per heavy atom. The topological polar surface area (TPSA) is 51.0 Å². The van der Waals surface area contributed by atoms with E-state index in [1.165, 1.54) is 10.9 Å². The molecule has 0 aliphatic carbocycles. The second-order valence-electron chi connectivity index (χ2n) is 5.99. The fraction of sp³-hybridized carbons (Fsp3) is 0.300. The van der Waals surface area contributed by atoms with Crippen LogP contribution in [0.2, 0.25) is 10.0 Å². The van der Waals surface area contributed by atoms with Crippen molar-refractivity contribution in [1.29, 1.82) is 0 Å². The SMILES string of the molecule is CCOc1ccc2[nH]c(-c3ccc(Cl)c(Cl)c3)c(CCCCN)c2c1. The highest BCUT2D eigenvalue weighted by atomic mass is 35.5.